The summed E-state index contributed by atoms with van der Waals surface area (Å²) in [6, 6.07) is 22.1. The van der Waals surface area contributed by atoms with Gasteiger partial charge >= 0.3 is 0 Å². The van der Waals surface area contributed by atoms with Crippen LogP contribution in [0, 0.1) is 12.8 Å². The van der Waals surface area contributed by atoms with E-state index in [0.717, 1.165) is 43.6 Å². The van der Waals surface area contributed by atoms with Crippen molar-refractivity contribution in [3.8, 4) is 0 Å². The van der Waals surface area contributed by atoms with Crippen molar-refractivity contribution in [2.45, 2.75) is 55.2 Å². The van der Waals surface area contributed by atoms with E-state index in [0.29, 0.717) is 9.79 Å². The zero-order chi connectivity index (χ0) is 25.1. The molecule has 0 radical (unpaired) electrons. The first-order chi connectivity index (χ1) is 16.7. The average molecular weight is 491 g/mol. The van der Waals surface area contributed by atoms with Crippen LogP contribution in [0.1, 0.15) is 43.4 Å². The third-order valence-electron chi connectivity index (χ3n) is 6.99. The van der Waals surface area contributed by atoms with Gasteiger partial charge in [-0.1, -0.05) is 50.2 Å². The number of piperidine rings is 1. The Balaban J connectivity index is 1.65. The Morgan fingerprint density at radius 2 is 1.57 bits per heavy atom. The number of sulfone groups is 1. The number of anilines is 1. The lowest BCUT2D eigenvalue weighted by Gasteiger charge is -2.40. The third-order valence-corrected chi connectivity index (χ3v) is 8.78. The molecule has 0 spiro atoms. The summed E-state index contributed by atoms with van der Waals surface area (Å²) < 4.78 is 26.0. The summed E-state index contributed by atoms with van der Waals surface area (Å²) >= 11 is 0. The zero-order valence-electron chi connectivity index (χ0n) is 20.7. The van der Waals surface area contributed by atoms with Crippen LogP contribution in [0.2, 0.25) is 0 Å². The second kappa shape index (κ2) is 10.3. The van der Waals surface area contributed by atoms with Crippen molar-refractivity contribution in [3.63, 3.8) is 0 Å². The fraction of sp³-hybridized carbons (Fsp3) is 0.345. The van der Waals surface area contributed by atoms with Crippen LogP contribution in [0.25, 0.3) is 0 Å². The van der Waals surface area contributed by atoms with Gasteiger partial charge in [-0.3, -0.25) is 4.79 Å². The number of amides is 1. The molecule has 4 rings (SSSR count). The Hall–Kier alpha value is -2.96. The van der Waals surface area contributed by atoms with Gasteiger partial charge in [-0.15, -0.1) is 0 Å². The van der Waals surface area contributed by atoms with Crippen molar-refractivity contribution >= 4 is 21.4 Å². The van der Waals surface area contributed by atoms with Crippen molar-refractivity contribution in [3.05, 3.63) is 89.5 Å². The number of hydrogen-bond acceptors (Lipinski definition) is 4. The van der Waals surface area contributed by atoms with Crippen molar-refractivity contribution in [2.24, 2.45) is 5.92 Å². The van der Waals surface area contributed by atoms with Crippen LogP contribution in [-0.2, 0) is 26.5 Å². The molecular weight excluding hydrogens is 456 g/mol. The molecular formula is C29H34N2O3S. The van der Waals surface area contributed by atoms with Gasteiger partial charge in [0.1, 0.15) is 0 Å². The molecule has 1 amide bonds. The Bertz CT molecular complexity index is 1280. The van der Waals surface area contributed by atoms with Gasteiger partial charge in [-0.2, -0.15) is 0 Å². The van der Waals surface area contributed by atoms with E-state index in [9.17, 15) is 13.2 Å². The lowest BCUT2D eigenvalue weighted by Crippen LogP contribution is -2.42. The maximum atomic E-state index is 13.0. The van der Waals surface area contributed by atoms with E-state index < -0.39 is 9.84 Å². The first kappa shape index (κ1) is 25.1. The summed E-state index contributed by atoms with van der Waals surface area (Å²) in [4.78, 5) is 12.9. The molecule has 3 aromatic carbocycles. The standard InChI is InChI=1S/C29H34N2O3S/c1-21(2)28(32)31-24-12-9-22(3)27(19-24)29(15-17-30-18-16-29)20-23-10-13-26(14-11-23)35(33,34)25-7-5-4-6-8-25/h4-14,19,21,30H,15-18,20H2,1-3H3,(H,31,32). The van der Waals surface area contributed by atoms with Crippen LogP contribution < -0.4 is 10.6 Å². The largest absolute Gasteiger partial charge is 0.326 e. The maximum absolute atomic E-state index is 13.0. The number of aryl methyl sites for hydroxylation is 1. The molecule has 0 unspecified atom stereocenters. The minimum atomic E-state index is -3.54. The summed E-state index contributed by atoms with van der Waals surface area (Å²) in [5, 5.41) is 6.52. The van der Waals surface area contributed by atoms with Crippen LogP contribution in [0.5, 0.6) is 0 Å². The van der Waals surface area contributed by atoms with E-state index in [1.165, 1.54) is 11.1 Å². The monoisotopic (exact) mass is 490 g/mol. The van der Waals surface area contributed by atoms with E-state index >= 15 is 0 Å². The van der Waals surface area contributed by atoms with Crippen molar-refractivity contribution < 1.29 is 13.2 Å². The van der Waals surface area contributed by atoms with E-state index in [1.54, 1.807) is 36.4 Å². The molecule has 0 aliphatic carbocycles. The smallest absolute Gasteiger partial charge is 0.226 e. The van der Waals surface area contributed by atoms with Gasteiger partial charge in [-0.05, 0) is 92.4 Å². The molecule has 1 heterocycles. The normalized spacial score (nSPS) is 15.7. The molecule has 5 nitrogen and oxygen atoms in total. The molecule has 3 aromatic rings. The lowest BCUT2D eigenvalue weighted by atomic mass is 9.68. The third kappa shape index (κ3) is 5.49. The highest BCUT2D eigenvalue weighted by atomic mass is 32.2. The predicted molar refractivity (Wildman–Crippen MR) is 140 cm³/mol. The van der Waals surface area contributed by atoms with Gasteiger partial charge in [0, 0.05) is 17.0 Å². The summed E-state index contributed by atoms with van der Waals surface area (Å²) in [5.74, 6) is -0.0762. The van der Waals surface area contributed by atoms with Gasteiger partial charge in [-0.25, -0.2) is 8.42 Å². The Morgan fingerprint density at radius 3 is 2.20 bits per heavy atom. The van der Waals surface area contributed by atoms with Crippen molar-refractivity contribution in [1.82, 2.24) is 5.32 Å². The molecule has 1 saturated heterocycles. The fourth-order valence-electron chi connectivity index (χ4n) is 4.92. The Kier molecular flexibility index (Phi) is 7.43. The molecule has 1 aliphatic rings. The number of carbonyl (C=O) groups excluding carboxylic acids is 1. The van der Waals surface area contributed by atoms with E-state index in [4.69, 9.17) is 0 Å². The highest BCUT2D eigenvalue weighted by molar-refractivity contribution is 7.91. The molecule has 35 heavy (non-hydrogen) atoms. The highest BCUT2D eigenvalue weighted by Gasteiger charge is 2.35. The fourth-order valence-corrected chi connectivity index (χ4v) is 6.20. The van der Waals surface area contributed by atoms with Crippen LogP contribution in [0.4, 0.5) is 5.69 Å². The maximum Gasteiger partial charge on any atom is 0.226 e. The first-order valence-corrected chi connectivity index (χ1v) is 13.7. The van der Waals surface area contributed by atoms with Gasteiger partial charge in [0.2, 0.25) is 15.7 Å². The topological polar surface area (TPSA) is 75.3 Å². The van der Waals surface area contributed by atoms with E-state index in [2.05, 4.69) is 29.7 Å². The molecule has 6 heteroatoms. The van der Waals surface area contributed by atoms with Gasteiger partial charge in [0.15, 0.2) is 0 Å². The SMILES string of the molecule is Cc1ccc(NC(=O)C(C)C)cc1C1(Cc2ccc(S(=O)(=O)c3ccccc3)cc2)CCNCC1. The van der Waals surface area contributed by atoms with Crippen LogP contribution in [0.3, 0.4) is 0 Å². The molecule has 184 valence electrons. The molecule has 0 bridgehead atoms. The van der Waals surface area contributed by atoms with E-state index in [-0.39, 0.29) is 17.2 Å². The molecule has 2 N–H and O–H groups in total. The summed E-state index contributed by atoms with van der Waals surface area (Å²) in [6.45, 7) is 7.74. The molecule has 0 saturated carbocycles. The number of benzene rings is 3. The quantitative estimate of drug-likeness (QED) is 0.472. The van der Waals surface area contributed by atoms with E-state index in [1.807, 2.05) is 38.1 Å². The van der Waals surface area contributed by atoms with Crippen molar-refractivity contribution in [1.29, 1.82) is 0 Å². The number of carbonyl (C=O) groups is 1. The molecule has 0 atom stereocenters. The second-order valence-corrected chi connectivity index (χ2v) is 11.8. The average Bonchev–Trinajstić information content (AvgIpc) is 2.86. The highest BCUT2D eigenvalue weighted by Crippen LogP contribution is 2.40. The molecule has 1 aliphatic heterocycles. The van der Waals surface area contributed by atoms with Crippen molar-refractivity contribution in [2.75, 3.05) is 18.4 Å². The number of hydrogen-bond donors (Lipinski definition) is 2. The number of rotatable bonds is 7. The summed E-state index contributed by atoms with van der Waals surface area (Å²) in [6.07, 6.45) is 2.75. The Labute approximate surface area is 208 Å². The van der Waals surface area contributed by atoms with Gasteiger partial charge < -0.3 is 10.6 Å². The zero-order valence-corrected chi connectivity index (χ0v) is 21.5. The predicted octanol–water partition coefficient (Wildman–Crippen LogP) is 5.29. The van der Waals surface area contributed by atoms with Crippen LogP contribution in [-0.4, -0.2) is 27.4 Å². The molecule has 1 fully saturated rings. The summed E-state index contributed by atoms with van der Waals surface area (Å²) in [7, 11) is -3.54. The minimum Gasteiger partial charge on any atom is -0.326 e. The lowest BCUT2D eigenvalue weighted by molar-refractivity contribution is -0.118. The minimum absolute atomic E-state index is 0.00868. The Morgan fingerprint density at radius 1 is 0.943 bits per heavy atom. The first-order valence-electron chi connectivity index (χ1n) is 12.2. The van der Waals surface area contributed by atoms with Crippen LogP contribution >= 0.6 is 0 Å². The van der Waals surface area contributed by atoms with Gasteiger partial charge in [0.05, 0.1) is 9.79 Å². The summed E-state index contributed by atoms with van der Waals surface area (Å²) in [5.41, 5.74) is 4.30. The van der Waals surface area contributed by atoms with Gasteiger partial charge in [0.25, 0.3) is 0 Å². The van der Waals surface area contributed by atoms with Crippen LogP contribution in [0.15, 0.2) is 82.6 Å². The second-order valence-electron chi connectivity index (χ2n) is 9.84. The molecule has 0 aromatic heterocycles. The number of nitrogens with one attached hydrogen (secondary N) is 2.